The highest BCUT2D eigenvalue weighted by Gasteiger charge is 2.59. The van der Waals surface area contributed by atoms with Gasteiger partial charge in [0.15, 0.2) is 0 Å². The maximum absolute atomic E-state index is 12.1. The number of hydrogen-bond donors (Lipinski definition) is 0. The zero-order valence-electron chi connectivity index (χ0n) is 5.83. The van der Waals surface area contributed by atoms with Crippen LogP contribution in [-0.2, 0) is 9.53 Å². The van der Waals surface area contributed by atoms with Gasteiger partial charge in [0.1, 0.15) is 0 Å². The maximum Gasteiger partial charge on any atom is 0.404 e. The highest BCUT2D eigenvalue weighted by Crippen LogP contribution is 2.34. The van der Waals surface area contributed by atoms with E-state index in [0.717, 1.165) is 0 Å². The third kappa shape index (κ3) is 1.81. The highest BCUT2D eigenvalue weighted by atomic mass is 19.3. The van der Waals surface area contributed by atoms with Crippen LogP contribution in [0.15, 0.2) is 0 Å². The molecule has 0 spiro atoms. The molecule has 0 fully saturated rings. The number of halogens is 4. The Bertz CT molecular complexity index is 160. The smallest absolute Gasteiger partial charge is 0.404 e. The zero-order valence-corrected chi connectivity index (χ0v) is 5.83. The number of methoxy groups -OCH3 is 1. The summed E-state index contributed by atoms with van der Waals surface area (Å²) >= 11 is 0. The molecule has 0 aliphatic carbocycles. The Labute approximate surface area is 60.1 Å². The minimum Gasteiger partial charge on any atom is -0.464 e. The Morgan fingerprint density at radius 1 is 1.27 bits per heavy atom. The molecule has 0 aromatic heterocycles. The van der Waals surface area contributed by atoms with Gasteiger partial charge in [-0.2, -0.15) is 17.6 Å². The number of hydrogen-bond acceptors (Lipinski definition) is 2. The number of carbonyl (C=O) groups is 1. The van der Waals surface area contributed by atoms with Crippen LogP contribution in [0.2, 0.25) is 0 Å². The molecule has 0 amide bonds. The highest BCUT2D eigenvalue weighted by molar-refractivity contribution is 5.78. The summed E-state index contributed by atoms with van der Waals surface area (Å²) in [5, 5.41) is 0. The fraction of sp³-hybridized carbons (Fsp3) is 0.800. The second kappa shape index (κ2) is 2.67. The molecule has 0 aromatic rings. The predicted octanol–water partition coefficient (Wildman–Crippen LogP) is 1.45. The van der Waals surface area contributed by atoms with Gasteiger partial charge in [0.2, 0.25) is 0 Å². The van der Waals surface area contributed by atoms with Crippen molar-refractivity contribution >= 4 is 5.97 Å². The molecule has 0 bridgehead atoms. The predicted molar refractivity (Wildman–Crippen MR) is 27.6 cm³/mol. The van der Waals surface area contributed by atoms with E-state index in [2.05, 4.69) is 4.74 Å². The monoisotopic (exact) mass is 174 g/mol. The molecule has 0 saturated heterocycles. The van der Waals surface area contributed by atoms with E-state index in [4.69, 9.17) is 0 Å². The van der Waals surface area contributed by atoms with E-state index < -0.39 is 17.8 Å². The largest absolute Gasteiger partial charge is 0.464 e. The van der Waals surface area contributed by atoms with Crippen molar-refractivity contribution in [3.63, 3.8) is 0 Å². The summed E-state index contributed by atoms with van der Waals surface area (Å²) in [7, 11) is 0.613. The van der Waals surface area contributed by atoms with E-state index in [9.17, 15) is 22.4 Å². The topological polar surface area (TPSA) is 26.3 Å². The van der Waals surface area contributed by atoms with E-state index >= 15 is 0 Å². The summed E-state index contributed by atoms with van der Waals surface area (Å²) in [6.45, 7) is -0.0517. The number of rotatable bonds is 2. The van der Waals surface area contributed by atoms with Crippen LogP contribution in [0.4, 0.5) is 17.6 Å². The Morgan fingerprint density at radius 2 is 1.64 bits per heavy atom. The van der Waals surface area contributed by atoms with Crippen LogP contribution in [0, 0.1) is 0 Å². The van der Waals surface area contributed by atoms with Crippen LogP contribution in [0.5, 0.6) is 0 Å². The second-order valence-electron chi connectivity index (χ2n) is 1.95. The molecule has 0 saturated carbocycles. The molecule has 0 atom stereocenters. The van der Waals surface area contributed by atoms with Crippen molar-refractivity contribution in [3.8, 4) is 0 Å². The van der Waals surface area contributed by atoms with Crippen molar-refractivity contribution in [1.82, 2.24) is 0 Å². The first kappa shape index (κ1) is 10.2. The first-order chi connectivity index (χ1) is 4.73. The third-order valence-electron chi connectivity index (χ3n) is 0.993. The average Bonchev–Trinajstić information content (AvgIpc) is 1.83. The maximum atomic E-state index is 12.1. The quantitative estimate of drug-likeness (QED) is 0.467. The van der Waals surface area contributed by atoms with E-state index in [1.165, 1.54) is 0 Å². The molecule has 0 rings (SSSR count). The summed E-state index contributed by atoms with van der Waals surface area (Å²) in [6.07, 6.45) is 0. The van der Waals surface area contributed by atoms with Crippen LogP contribution in [-0.4, -0.2) is 24.9 Å². The Hall–Kier alpha value is -0.810. The molecule has 0 heterocycles. The van der Waals surface area contributed by atoms with Crippen LogP contribution in [0.1, 0.15) is 6.92 Å². The lowest BCUT2D eigenvalue weighted by molar-refractivity contribution is -0.219. The van der Waals surface area contributed by atoms with Gasteiger partial charge in [-0.05, 0) is 0 Å². The van der Waals surface area contributed by atoms with Gasteiger partial charge >= 0.3 is 17.8 Å². The molecule has 0 aliphatic heterocycles. The Kier molecular flexibility index (Phi) is 2.47. The summed E-state index contributed by atoms with van der Waals surface area (Å²) in [6, 6.07) is 0. The molecule has 0 radical (unpaired) electrons. The molecule has 0 unspecified atom stereocenters. The van der Waals surface area contributed by atoms with Crippen molar-refractivity contribution in [1.29, 1.82) is 0 Å². The molecule has 2 nitrogen and oxygen atoms in total. The summed E-state index contributed by atoms with van der Waals surface area (Å²) in [5.74, 6) is -11.4. The van der Waals surface area contributed by atoms with Crippen LogP contribution in [0.3, 0.4) is 0 Å². The first-order valence-electron chi connectivity index (χ1n) is 2.57. The van der Waals surface area contributed by atoms with E-state index in [0.29, 0.717) is 7.11 Å². The van der Waals surface area contributed by atoms with Crippen LogP contribution in [0.25, 0.3) is 0 Å². The summed E-state index contributed by atoms with van der Waals surface area (Å²) in [4.78, 5) is 10.0. The molecular weight excluding hydrogens is 168 g/mol. The van der Waals surface area contributed by atoms with Crippen molar-refractivity contribution in [2.45, 2.75) is 18.8 Å². The van der Waals surface area contributed by atoms with Crippen LogP contribution < -0.4 is 0 Å². The van der Waals surface area contributed by atoms with Crippen molar-refractivity contribution in [2.24, 2.45) is 0 Å². The Morgan fingerprint density at radius 3 is 1.73 bits per heavy atom. The molecule has 0 N–H and O–H groups in total. The minimum atomic E-state index is -4.75. The number of carbonyl (C=O) groups excluding carboxylic acids is 1. The lowest BCUT2D eigenvalue weighted by Crippen LogP contribution is -2.45. The third-order valence-corrected chi connectivity index (χ3v) is 0.993. The fourth-order valence-corrected chi connectivity index (χ4v) is 0.307. The fourth-order valence-electron chi connectivity index (χ4n) is 0.307. The zero-order chi connectivity index (χ0) is 9.28. The lowest BCUT2D eigenvalue weighted by Gasteiger charge is -2.19. The van der Waals surface area contributed by atoms with Gasteiger partial charge < -0.3 is 4.74 Å². The molecule has 0 aromatic carbocycles. The average molecular weight is 174 g/mol. The second-order valence-corrected chi connectivity index (χ2v) is 1.95. The number of alkyl halides is 4. The van der Waals surface area contributed by atoms with Gasteiger partial charge in [-0.3, -0.25) is 0 Å². The van der Waals surface area contributed by atoms with Gasteiger partial charge in [0.05, 0.1) is 7.11 Å². The summed E-state index contributed by atoms with van der Waals surface area (Å²) < 4.78 is 51.4. The van der Waals surface area contributed by atoms with Gasteiger partial charge in [-0.15, -0.1) is 0 Å². The Balaban J connectivity index is 4.59. The standard InChI is InChI=1S/C5H6F4O2/c1-4(6,7)5(8,9)3(10)11-2/h1-2H3. The van der Waals surface area contributed by atoms with E-state index in [1.54, 1.807) is 0 Å². The lowest BCUT2D eigenvalue weighted by atomic mass is 10.2. The van der Waals surface area contributed by atoms with Crippen molar-refractivity contribution in [3.05, 3.63) is 0 Å². The number of esters is 1. The molecular formula is C5H6F4O2. The van der Waals surface area contributed by atoms with Crippen molar-refractivity contribution in [2.75, 3.05) is 7.11 Å². The van der Waals surface area contributed by atoms with E-state index in [-0.39, 0.29) is 6.92 Å². The number of ether oxygens (including phenoxy) is 1. The molecule has 66 valence electrons. The minimum absolute atomic E-state index is 0.0517. The van der Waals surface area contributed by atoms with Crippen molar-refractivity contribution < 1.29 is 27.1 Å². The van der Waals surface area contributed by atoms with Gasteiger partial charge in [-0.25, -0.2) is 4.79 Å². The van der Waals surface area contributed by atoms with Crippen LogP contribution >= 0.6 is 0 Å². The van der Waals surface area contributed by atoms with Gasteiger partial charge in [0, 0.05) is 6.92 Å². The van der Waals surface area contributed by atoms with Gasteiger partial charge in [0.25, 0.3) is 0 Å². The summed E-state index contributed by atoms with van der Waals surface area (Å²) in [5.41, 5.74) is 0. The van der Waals surface area contributed by atoms with Gasteiger partial charge in [-0.1, -0.05) is 0 Å². The van der Waals surface area contributed by atoms with E-state index in [1.807, 2.05) is 0 Å². The first-order valence-corrected chi connectivity index (χ1v) is 2.57. The molecule has 11 heavy (non-hydrogen) atoms. The molecule has 6 heteroatoms. The molecule has 0 aliphatic rings. The normalized spacial score (nSPS) is 12.9. The SMILES string of the molecule is COC(=O)C(F)(F)C(C)(F)F.